The number of hydrogen-bond donors (Lipinski definition) is 1. The average molecular weight is 298 g/mol. The van der Waals surface area contributed by atoms with E-state index in [1.54, 1.807) is 0 Å². The van der Waals surface area contributed by atoms with E-state index in [2.05, 4.69) is 11.7 Å². The first-order valence-electron chi connectivity index (χ1n) is 4.98. The second-order valence-electron chi connectivity index (χ2n) is 3.32. The Bertz CT molecular complexity index is 516. The van der Waals surface area contributed by atoms with E-state index in [-0.39, 0.29) is 0 Å². The molecule has 0 aromatic heterocycles. The zero-order chi connectivity index (χ0) is 12.1. The third-order valence-corrected chi connectivity index (χ3v) is 9.84. The van der Waals surface area contributed by atoms with Crippen molar-refractivity contribution in [1.29, 1.82) is 0 Å². The van der Waals surface area contributed by atoms with Gasteiger partial charge in [-0.05, 0) is 46.5 Å². The maximum atomic E-state index is 5.95. The maximum absolute atomic E-state index is 5.95. The Hall–Kier alpha value is -0.410. The van der Waals surface area contributed by atoms with Gasteiger partial charge in [-0.3, -0.25) is 0 Å². The lowest BCUT2D eigenvalue weighted by Gasteiger charge is -2.20. The topological polar surface area (TPSA) is 9.23 Å². The highest BCUT2D eigenvalue weighted by Gasteiger charge is 2.21. The van der Waals surface area contributed by atoms with Crippen LogP contribution in [0.1, 0.15) is 0 Å². The van der Waals surface area contributed by atoms with E-state index in [1.807, 2.05) is 60.7 Å². The Labute approximate surface area is 115 Å². The molecule has 1 atom stereocenters. The molecule has 17 heavy (non-hydrogen) atoms. The van der Waals surface area contributed by atoms with Gasteiger partial charge in [0.15, 0.2) is 0 Å². The average Bonchev–Trinajstić information content (AvgIpc) is 2.41. The van der Waals surface area contributed by atoms with Gasteiger partial charge in [-0.15, -0.1) is 11.7 Å². The molecule has 0 N–H and O–H groups in total. The fraction of sp³-hybridized carbons (Fsp3) is 0. The van der Waals surface area contributed by atoms with Crippen molar-refractivity contribution in [3.05, 3.63) is 60.7 Å². The molecule has 0 saturated carbocycles. The van der Waals surface area contributed by atoms with Crippen LogP contribution < -0.4 is 9.83 Å². The smallest absolute Gasteiger partial charge is 0.206 e. The molecule has 0 aliphatic rings. The number of hydrogen-bond acceptors (Lipinski definition) is 4. The van der Waals surface area contributed by atoms with Crippen LogP contribution >= 0.6 is 27.5 Å². The molecule has 0 bridgehead atoms. The molecule has 2 aromatic carbocycles. The molecule has 0 saturated heterocycles. The van der Waals surface area contributed by atoms with E-state index in [4.69, 9.17) is 16.3 Å². The molecule has 0 aliphatic heterocycles. The largest absolute Gasteiger partial charge is 0.452 e. The summed E-state index contributed by atoms with van der Waals surface area (Å²) in [6, 6.07) is 19.5. The fourth-order valence-corrected chi connectivity index (χ4v) is 5.29. The fourth-order valence-electron chi connectivity index (χ4n) is 1.35. The molecule has 1 nitrogen and oxygen atoms in total. The summed E-state index contributed by atoms with van der Waals surface area (Å²) in [6.07, 6.45) is 0. The molecule has 0 fully saturated rings. The predicted octanol–water partition coefficient (Wildman–Crippen LogP) is 4.28. The van der Waals surface area contributed by atoms with Crippen LogP contribution in [0.3, 0.4) is 0 Å². The second-order valence-corrected chi connectivity index (χ2v) is 10.9. The summed E-state index contributed by atoms with van der Waals surface area (Å²) in [5, 5.41) is 1.03. The molecule has 5 heteroatoms. The zero-order valence-corrected chi connectivity index (χ0v) is 12.3. The van der Waals surface area contributed by atoms with Crippen molar-refractivity contribution in [2.75, 3.05) is 0 Å². The summed E-state index contributed by atoms with van der Waals surface area (Å²) in [5.74, 6) is 0.793. The van der Waals surface area contributed by atoms with E-state index in [9.17, 15) is 0 Å². The van der Waals surface area contributed by atoms with Gasteiger partial charge in [0.05, 0.1) is 0 Å². The van der Waals surface area contributed by atoms with Crippen molar-refractivity contribution in [3.8, 4) is 5.75 Å². The van der Waals surface area contributed by atoms with E-state index < -0.39 is 5.47 Å². The number of para-hydroxylation sites is 1. The zero-order valence-electron chi connectivity index (χ0n) is 8.89. The highest BCUT2D eigenvalue weighted by atomic mass is 33.4. The molecule has 0 amide bonds. The Morgan fingerprint density at radius 3 is 2.00 bits per heavy atom. The van der Waals surface area contributed by atoms with Gasteiger partial charge in [-0.25, -0.2) is 0 Å². The minimum atomic E-state index is -2.16. The van der Waals surface area contributed by atoms with Gasteiger partial charge in [-0.2, -0.15) is 0 Å². The molecule has 0 radical (unpaired) electrons. The van der Waals surface area contributed by atoms with Gasteiger partial charge in [0.25, 0.3) is 0 Å². The van der Waals surface area contributed by atoms with E-state index in [0.29, 0.717) is 0 Å². The van der Waals surface area contributed by atoms with Crippen LogP contribution in [0.5, 0.6) is 5.75 Å². The van der Waals surface area contributed by atoms with Gasteiger partial charge in [0, 0.05) is 5.30 Å². The lowest BCUT2D eigenvalue weighted by atomic mass is 10.3. The molecule has 0 spiro atoms. The summed E-state index contributed by atoms with van der Waals surface area (Å²) in [7, 11) is 1.32. The second kappa shape index (κ2) is 5.96. The predicted molar refractivity (Wildman–Crippen MR) is 84.0 cm³/mol. The van der Waals surface area contributed by atoms with E-state index in [1.165, 1.54) is 10.4 Å². The van der Waals surface area contributed by atoms with Crippen molar-refractivity contribution in [2.45, 2.75) is 0 Å². The molecular formula is C12H11OPS3. The van der Waals surface area contributed by atoms with Gasteiger partial charge in [0.2, 0.25) is 5.47 Å². The van der Waals surface area contributed by atoms with Crippen molar-refractivity contribution in [2.24, 2.45) is 0 Å². The number of rotatable bonds is 4. The van der Waals surface area contributed by atoms with Gasteiger partial charge < -0.3 is 4.52 Å². The minimum Gasteiger partial charge on any atom is -0.452 e. The van der Waals surface area contributed by atoms with Crippen molar-refractivity contribution < 1.29 is 4.52 Å². The van der Waals surface area contributed by atoms with Gasteiger partial charge in [-0.1, -0.05) is 36.4 Å². The van der Waals surface area contributed by atoms with Crippen LogP contribution in [-0.4, -0.2) is 0 Å². The van der Waals surface area contributed by atoms with Crippen LogP contribution in [0.2, 0.25) is 0 Å². The molecule has 0 aliphatic carbocycles. The minimum absolute atomic E-state index is 0.793. The summed E-state index contributed by atoms with van der Waals surface area (Å²) in [6.45, 7) is 0. The highest BCUT2D eigenvalue weighted by molar-refractivity contribution is 9.00. The maximum Gasteiger partial charge on any atom is 0.206 e. The molecule has 0 heterocycles. The lowest BCUT2D eigenvalue weighted by molar-refractivity contribution is 0.633. The van der Waals surface area contributed by atoms with Crippen LogP contribution in [0.25, 0.3) is 0 Å². The number of thiol groups is 1. The molecule has 2 rings (SSSR count). The molecule has 1 unspecified atom stereocenters. The highest BCUT2D eigenvalue weighted by Crippen LogP contribution is 2.60. The summed E-state index contributed by atoms with van der Waals surface area (Å²) in [5.41, 5.74) is -2.16. The van der Waals surface area contributed by atoms with Crippen LogP contribution in [0.15, 0.2) is 60.7 Å². The van der Waals surface area contributed by atoms with Crippen molar-refractivity contribution >= 4 is 44.7 Å². The van der Waals surface area contributed by atoms with E-state index >= 15 is 0 Å². The molecule has 2 aromatic rings. The van der Waals surface area contributed by atoms with Crippen LogP contribution in [0.4, 0.5) is 0 Å². The Kier molecular flexibility index (Phi) is 4.57. The third-order valence-electron chi connectivity index (χ3n) is 2.15. The van der Waals surface area contributed by atoms with Gasteiger partial charge in [0.1, 0.15) is 5.75 Å². The lowest BCUT2D eigenvalue weighted by Crippen LogP contribution is -2.05. The Morgan fingerprint density at radius 2 is 1.47 bits per heavy atom. The Morgan fingerprint density at radius 1 is 0.941 bits per heavy atom. The SMILES string of the molecule is S=P(Oc1ccccc1)(SS)c1ccccc1. The summed E-state index contributed by atoms with van der Waals surface area (Å²) >= 11 is 9.91. The number of benzene rings is 2. The summed E-state index contributed by atoms with van der Waals surface area (Å²) < 4.78 is 5.95. The normalized spacial score (nSPS) is 13.9. The molecule has 88 valence electrons. The standard InChI is InChI=1S/C12H11OPS3/c15-14(17-16,12-9-5-2-6-10-12)13-11-7-3-1-4-8-11/h1-10,16H. The van der Waals surface area contributed by atoms with Crippen LogP contribution in [0, 0.1) is 0 Å². The first kappa shape index (κ1) is 13.0. The summed E-state index contributed by atoms with van der Waals surface area (Å²) in [4.78, 5) is 0. The monoisotopic (exact) mass is 298 g/mol. The van der Waals surface area contributed by atoms with Gasteiger partial charge >= 0.3 is 0 Å². The Balaban J connectivity index is 2.30. The first-order valence-corrected chi connectivity index (χ1v) is 10.2. The van der Waals surface area contributed by atoms with Crippen molar-refractivity contribution in [1.82, 2.24) is 0 Å². The van der Waals surface area contributed by atoms with Crippen molar-refractivity contribution in [3.63, 3.8) is 0 Å². The van der Waals surface area contributed by atoms with E-state index in [0.717, 1.165) is 11.1 Å². The molecular weight excluding hydrogens is 287 g/mol. The quantitative estimate of drug-likeness (QED) is 0.513. The first-order chi connectivity index (χ1) is 8.24. The third kappa shape index (κ3) is 3.29. The van der Waals surface area contributed by atoms with Crippen LogP contribution in [-0.2, 0) is 11.8 Å².